The fraction of sp³-hybridized carbons (Fsp3) is 0.708. The van der Waals surface area contributed by atoms with E-state index in [0.29, 0.717) is 17.5 Å². The van der Waals surface area contributed by atoms with Gasteiger partial charge in [-0.1, -0.05) is 38.2 Å². The normalized spacial score (nSPS) is 23.4. The van der Waals surface area contributed by atoms with Crippen LogP contribution < -0.4 is 4.74 Å². The number of thioether (sulfide) groups is 1. The molecular formula is C24H37NO3S. The first kappa shape index (κ1) is 22.3. The molecular weight excluding hydrogens is 382 g/mol. The standard InChI is InChI=1S/C24H37NO3S/c1-3-25(24(27)17-28-22-15-18(2)11-13-21(22)26)16-20-12-14-23(29-20)19-9-7-5-4-6-8-10-19/h11,13,15,19-20,23,26H,3-10,12,14,16-17H2,1-2H3. The molecule has 0 radical (unpaired) electrons. The molecule has 1 aliphatic heterocycles. The van der Waals surface area contributed by atoms with Gasteiger partial charge in [-0.3, -0.25) is 4.79 Å². The van der Waals surface area contributed by atoms with E-state index in [1.165, 1.54) is 57.8 Å². The van der Waals surface area contributed by atoms with Crippen LogP contribution in [0.1, 0.15) is 70.3 Å². The van der Waals surface area contributed by atoms with Crippen molar-refractivity contribution in [1.82, 2.24) is 4.90 Å². The number of phenolic OH excluding ortho intramolecular Hbond substituents is 1. The summed E-state index contributed by atoms with van der Waals surface area (Å²) in [5.74, 6) is 1.35. The van der Waals surface area contributed by atoms with Crippen molar-refractivity contribution in [3.05, 3.63) is 23.8 Å². The van der Waals surface area contributed by atoms with Gasteiger partial charge < -0.3 is 14.7 Å². The molecule has 0 spiro atoms. The van der Waals surface area contributed by atoms with E-state index >= 15 is 0 Å². The lowest BCUT2D eigenvalue weighted by molar-refractivity contribution is -0.133. The Morgan fingerprint density at radius 1 is 1.14 bits per heavy atom. The van der Waals surface area contributed by atoms with Crippen LogP contribution in [0, 0.1) is 12.8 Å². The quantitative estimate of drug-likeness (QED) is 0.629. The number of carbonyl (C=O) groups is 1. The van der Waals surface area contributed by atoms with Gasteiger partial charge in [0.2, 0.25) is 0 Å². The predicted octanol–water partition coefficient (Wildman–Crippen LogP) is 5.55. The molecule has 0 bridgehead atoms. The highest BCUT2D eigenvalue weighted by Crippen LogP contribution is 2.42. The molecule has 1 aromatic rings. The van der Waals surface area contributed by atoms with Crippen LogP contribution in [0.15, 0.2) is 18.2 Å². The molecule has 4 nitrogen and oxygen atoms in total. The molecule has 1 aliphatic carbocycles. The Kier molecular flexibility index (Phi) is 8.58. The van der Waals surface area contributed by atoms with Crippen LogP contribution in [0.3, 0.4) is 0 Å². The van der Waals surface area contributed by atoms with Crippen LogP contribution in [-0.2, 0) is 4.79 Å². The second kappa shape index (κ2) is 11.1. The molecule has 1 heterocycles. The third kappa shape index (κ3) is 6.56. The van der Waals surface area contributed by atoms with Crippen molar-refractivity contribution in [3.63, 3.8) is 0 Å². The molecule has 1 saturated heterocycles. The van der Waals surface area contributed by atoms with E-state index < -0.39 is 0 Å². The smallest absolute Gasteiger partial charge is 0.260 e. The van der Waals surface area contributed by atoms with Gasteiger partial charge in [-0.25, -0.2) is 0 Å². The number of aromatic hydroxyl groups is 1. The van der Waals surface area contributed by atoms with Gasteiger partial charge in [0.05, 0.1) is 0 Å². The Bertz CT molecular complexity index is 658. The van der Waals surface area contributed by atoms with Crippen molar-refractivity contribution in [2.75, 3.05) is 19.7 Å². The van der Waals surface area contributed by atoms with Gasteiger partial charge in [0.25, 0.3) is 5.91 Å². The predicted molar refractivity (Wildman–Crippen MR) is 121 cm³/mol. The number of benzene rings is 1. The highest BCUT2D eigenvalue weighted by molar-refractivity contribution is 8.00. The highest BCUT2D eigenvalue weighted by atomic mass is 32.2. The maximum absolute atomic E-state index is 12.7. The first-order chi connectivity index (χ1) is 14.1. The van der Waals surface area contributed by atoms with Gasteiger partial charge in [0, 0.05) is 23.6 Å². The second-order valence-corrected chi connectivity index (χ2v) is 10.2. The summed E-state index contributed by atoms with van der Waals surface area (Å²) in [4.78, 5) is 14.6. The average Bonchev–Trinajstić information content (AvgIpc) is 3.14. The lowest BCUT2D eigenvalue weighted by Crippen LogP contribution is -2.38. The van der Waals surface area contributed by atoms with Crippen LogP contribution in [0.2, 0.25) is 0 Å². The van der Waals surface area contributed by atoms with Crippen LogP contribution in [0.4, 0.5) is 0 Å². The largest absolute Gasteiger partial charge is 0.504 e. The SMILES string of the molecule is CCN(CC1CCC(C2CCCCCCC2)S1)C(=O)COc1cc(C)ccc1O. The first-order valence-electron chi connectivity index (χ1n) is 11.4. The molecule has 5 heteroatoms. The van der Waals surface area contributed by atoms with Crippen LogP contribution in [0.25, 0.3) is 0 Å². The third-order valence-electron chi connectivity index (χ3n) is 6.44. The zero-order valence-electron chi connectivity index (χ0n) is 18.1. The van der Waals surface area contributed by atoms with Gasteiger partial charge in [0.1, 0.15) is 0 Å². The van der Waals surface area contributed by atoms with Crippen LogP contribution in [0.5, 0.6) is 11.5 Å². The molecule has 1 N–H and O–H groups in total. The minimum atomic E-state index is -0.0196. The first-order valence-corrected chi connectivity index (χ1v) is 12.4. The lowest BCUT2D eigenvalue weighted by Gasteiger charge is -2.27. The van der Waals surface area contributed by atoms with E-state index in [9.17, 15) is 9.90 Å². The number of likely N-dealkylation sites (N-methyl/N-ethyl adjacent to an activating group) is 1. The topological polar surface area (TPSA) is 49.8 Å². The second-order valence-electron chi connectivity index (χ2n) is 8.67. The van der Waals surface area contributed by atoms with Crippen molar-refractivity contribution in [3.8, 4) is 11.5 Å². The summed E-state index contributed by atoms with van der Waals surface area (Å²) in [5, 5.41) is 11.2. The Hall–Kier alpha value is -1.36. The Morgan fingerprint density at radius 3 is 2.59 bits per heavy atom. The molecule has 1 aromatic carbocycles. The maximum Gasteiger partial charge on any atom is 0.260 e. The monoisotopic (exact) mass is 419 g/mol. The summed E-state index contributed by atoms with van der Waals surface area (Å²) in [6, 6.07) is 5.20. The van der Waals surface area contributed by atoms with Gasteiger partial charge >= 0.3 is 0 Å². The zero-order chi connectivity index (χ0) is 20.6. The Labute approximate surface area is 180 Å². The fourth-order valence-corrected chi connectivity index (χ4v) is 6.49. The Morgan fingerprint density at radius 2 is 1.86 bits per heavy atom. The summed E-state index contributed by atoms with van der Waals surface area (Å²) >= 11 is 2.14. The number of carbonyl (C=O) groups excluding carboxylic acids is 1. The summed E-state index contributed by atoms with van der Waals surface area (Å²) in [6.45, 7) is 5.47. The van der Waals surface area contributed by atoms with Crippen molar-refractivity contribution in [1.29, 1.82) is 0 Å². The molecule has 1 saturated carbocycles. The number of aryl methyl sites for hydroxylation is 1. The molecule has 162 valence electrons. The van der Waals surface area contributed by atoms with Crippen molar-refractivity contribution in [2.45, 2.75) is 82.1 Å². The maximum atomic E-state index is 12.7. The molecule has 2 fully saturated rings. The summed E-state index contributed by atoms with van der Waals surface area (Å²) in [5.41, 5.74) is 1.00. The lowest BCUT2D eigenvalue weighted by atomic mass is 9.87. The van der Waals surface area contributed by atoms with E-state index in [2.05, 4.69) is 11.8 Å². The fourth-order valence-electron chi connectivity index (χ4n) is 4.69. The van der Waals surface area contributed by atoms with Gasteiger partial charge in [0.15, 0.2) is 18.1 Å². The van der Waals surface area contributed by atoms with E-state index in [1.807, 2.05) is 24.8 Å². The van der Waals surface area contributed by atoms with Gasteiger partial charge in [-0.2, -0.15) is 11.8 Å². The minimum Gasteiger partial charge on any atom is -0.504 e. The third-order valence-corrected chi connectivity index (χ3v) is 8.18. The molecule has 2 atom stereocenters. The van der Waals surface area contributed by atoms with Crippen molar-refractivity contribution < 1.29 is 14.6 Å². The highest BCUT2D eigenvalue weighted by Gasteiger charge is 2.32. The van der Waals surface area contributed by atoms with E-state index in [0.717, 1.165) is 23.3 Å². The van der Waals surface area contributed by atoms with Crippen LogP contribution >= 0.6 is 11.8 Å². The minimum absolute atomic E-state index is 0.00316. The molecule has 1 amide bonds. The summed E-state index contributed by atoms with van der Waals surface area (Å²) < 4.78 is 5.62. The Balaban J connectivity index is 1.47. The zero-order valence-corrected chi connectivity index (χ0v) is 18.9. The van der Waals surface area contributed by atoms with E-state index in [4.69, 9.17) is 4.74 Å². The van der Waals surface area contributed by atoms with Gasteiger partial charge in [-0.05, 0) is 63.1 Å². The number of ether oxygens (including phenoxy) is 1. The molecule has 29 heavy (non-hydrogen) atoms. The van der Waals surface area contributed by atoms with Crippen molar-refractivity contribution in [2.24, 2.45) is 5.92 Å². The van der Waals surface area contributed by atoms with Crippen molar-refractivity contribution >= 4 is 17.7 Å². The van der Waals surface area contributed by atoms with Crippen LogP contribution in [-0.4, -0.2) is 46.1 Å². The van der Waals surface area contributed by atoms with E-state index in [1.54, 1.807) is 12.1 Å². The number of phenols is 1. The van der Waals surface area contributed by atoms with E-state index in [-0.39, 0.29) is 18.3 Å². The molecule has 2 unspecified atom stereocenters. The molecule has 2 aliphatic rings. The number of nitrogens with zero attached hydrogens (tertiary/aromatic N) is 1. The number of hydrogen-bond acceptors (Lipinski definition) is 4. The summed E-state index contributed by atoms with van der Waals surface area (Å²) in [6.07, 6.45) is 12.4. The number of amides is 1. The number of hydrogen-bond donors (Lipinski definition) is 1. The average molecular weight is 420 g/mol. The van der Waals surface area contributed by atoms with Gasteiger partial charge in [-0.15, -0.1) is 0 Å². The summed E-state index contributed by atoms with van der Waals surface area (Å²) in [7, 11) is 0. The number of rotatable bonds is 7. The molecule has 3 rings (SSSR count). The molecule has 0 aromatic heterocycles.